The van der Waals surface area contributed by atoms with Crippen LogP contribution >= 0.6 is 0 Å². The van der Waals surface area contributed by atoms with Gasteiger partial charge in [0, 0.05) is 43.5 Å². The lowest BCUT2D eigenvalue weighted by atomic mass is 10.0. The first kappa shape index (κ1) is 28.9. The van der Waals surface area contributed by atoms with Crippen LogP contribution in [0.2, 0.25) is 0 Å². The third-order valence-corrected chi connectivity index (χ3v) is 9.59. The maximum atomic E-state index is 13.7. The third kappa shape index (κ3) is 5.38. The molecular weight excluding hydrogens is 572 g/mol. The molecule has 0 bridgehead atoms. The van der Waals surface area contributed by atoms with E-state index in [9.17, 15) is 18.0 Å². The first-order valence-corrected chi connectivity index (χ1v) is 15.8. The smallest absolute Gasteiger partial charge is 0.241 e. The molecular formula is C35H32N4O4S. The van der Waals surface area contributed by atoms with Gasteiger partial charge in [0.15, 0.2) is 0 Å². The molecule has 0 fully saturated rings. The van der Waals surface area contributed by atoms with Crippen molar-refractivity contribution in [2.75, 3.05) is 40.6 Å². The highest BCUT2D eigenvalue weighted by molar-refractivity contribution is 7.92. The molecule has 9 heteroatoms. The molecule has 5 aromatic rings. The lowest BCUT2D eigenvalue weighted by molar-refractivity contribution is -0.124. The van der Waals surface area contributed by atoms with Gasteiger partial charge >= 0.3 is 0 Å². The van der Waals surface area contributed by atoms with Crippen LogP contribution in [0.5, 0.6) is 0 Å². The first-order chi connectivity index (χ1) is 21.1. The maximum absolute atomic E-state index is 13.7. The molecule has 8 nitrogen and oxygen atoms in total. The summed E-state index contributed by atoms with van der Waals surface area (Å²) in [5, 5.41) is 4.73. The van der Waals surface area contributed by atoms with Crippen LogP contribution in [-0.2, 0) is 25.4 Å². The Labute approximate surface area is 257 Å². The van der Waals surface area contributed by atoms with Crippen LogP contribution in [-0.4, -0.2) is 41.4 Å². The topological polar surface area (TPSA) is 90.0 Å². The number of hydrogen-bond acceptors (Lipinski definition) is 5. The van der Waals surface area contributed by atoms with Crippen LogP contribution in [0.25, 0.3) is 21.9 Å². The van der Waals surface area contributed by atoms with Crippen LogP contribution in [0.15, 0.2) is 109 Å². The van der Waals surface area contributed by atoms with Crippen LogP contribution in [0.4, 0.5) is 28.4 Å². The summed E-state index contributed by atoms with van der Waals surface area (Å²) in [5.74, 6) is -0.852. The molecule has 6 rings (SSSR count). The molecule has 222 valence electrons. The third-order valence-electron chi connectivity index (χ3n) is 7.88. The number of nitrogens with one attached hydrogen (secondary N) is 1. The molecule has 0 aromatic heterocycles. The molecule has 0 saturated heterocycles. The van der Waals surface area contributed by atoms with Crippen LogP contribution in [0, 0.1) is 0 Å². The van der Waals surface area contributed by atoms with E-state index in [2.05, 4.69) is 5.32 Å². The van der Waals surface area contributed by atoms with E-state index in [0.29, 0.717) is 28.3 Å². The number of nitrogens with zero attached hydrogens (tertiary/aromatic N) is 3. The van der Waals surface area contributed by atoms with Gasteiger partial charge in [-0.1, -0.05) is 78.9 Å². The number of benzene rings is 5. The fourth-order valence-electron chi connectivity index (χ4n) is 5.69. The van der Waals surface area contributed by atoms with Gasteiger partial charge in [-0.05, 0) is 46.8 Å². The number of para-hydroxylation sites is 2. The summed E-state index contributed by atoms with van der Waals surface area (Å²) in [5.41, 5.74) is 5.42. The standard InChI is InChI=1S/C35H32N4O4S/c1-37(2)30-14-8-5-11-26(30)23-44(42,43)38(3)31-15-9-7-12-28(31)25-16-19-27(20-17-25)39-32-21-18-24-10-4-6-13-29(24)35(32)36-33(40)22-34(39)41/h4-21H,22-23H2,1-3H3,(H,36,40). The van der Waals surface area contributed by atoms with E-state index in [4.69, 9.17) is 0 Å². The van der Waals surface area contributed by atoms with Crippen LogP contribution in [0.1, 0.15) is 12.0 Å². The van der Waals surface area contributed by atoms with E-state index in [1.54, 1.807) is 18.0 Å². The van der Waals surface area contributed by atoms with Gasteiger partial charge in [0.1, 0.15) is 6.42 Å². The number of hydrogen-bond donors (Lipinski definition) is 1. The Morgan fingerprint density at radius 2 is 1.41 bits per heavy atom. The molecule has 0 atom stereocenters. The summed E-state index contributed by atoms with van der Waals surface area (Å²) in [6.07, 6.45) is -0.285. The predicted octanol–water partition coefficient (Wildman–Crippen LogP) is 6.55. The highest BCUT2D eigenvalue weighted by Crippen LogP contribution is 2.41. The maximum Gasteiger partial charge on any atom is 0.241 e. The van der Waals surface area contributed by atoms with Crippen molar-refractivity contribution in [1.82, 2.24) is 0 Å². The lowest BCUT2D eigenvalue weighted by Crippen LogP contribution is -2.29. The normalized spacial score (nSPS) is 13.3. The highest BCUT2D eigenvalue weighted by atomic mass is 32.2. The monoisotopic (exact) mass is 604 g/mol. The predicted molar refractivity (Wildman–Crippen MR) is 178 cm³/mol. The number of carbonyl (C=O) groups excluding carboxylic acids is 2. The second-order valence-electron chi connectivity index (χ2n) is 10.9. The molecule has 0 aliphatic carbocycles. The summed E-state index contributed by atoms with van der Waals surface area (Å²) >= 11 is 0. The summed E-state index contributed by atoms with van der Waals surface area (Å²) in [6.45, 7) is 0. The molecule has 2 amide bonds. The Kier molecular flexibility index (Phi) is 7.57. The quantitative estimate of drug-likeness (QED) is 0.213. The molecule has 5 aromatic carbocycles. The Morgan fingerprint density at radius 1 is 0.750 bits per heavy atom. The summed E-state index contributed by atoms with van der Waals surface area (Å²) in [7, 11) is 1.62. The van der Waals surface area contributed by atoms with Gasteiger partial charge < -0.3 is 10.2 Å². The molecule has 0 saturated carbocycles. The zero-order valence-electron chi connectivity index (χ0n) is 24.7. The van der Waals surface area contributed by atoms with E-state index >= 15 is 0 Å². The zero-order chi connectivity index (χ0) is 31.0. The second kappa shape index (κ2) is 11.5. The van der Waals surface area contributed by atoms with Crippen molar-refractivity contribution >= 4 is 61.0 Å². The molecule has 44 heavy (non-hydrogen) atoms. The Morgan fingerprint density at radius 3 is 2.16 bits per heavy atom. The molecule has 1 aliphatic heterocycles. The zero-order valence-corrected chi connectivity index (χ0v) is 25.5. The Hall–Kier alpha value is -5.15. The molecule has 0 spiro atoms. The molecule has 1 aliphatic rings. The van der Waals surface area contributed by atoms with Crippen molar-refractivity contribution in [3.8, 4) is 11.1 Å². The average molecular weight is 605 g/mol. The van der Waals surface area contributed by atoms with Gasteiger partial charge in [0.25, 0.3) is 0 Å². The largest absolute Gasteiger partial charge is 0.377 e. The van der Waals surface area contributed by atoms with E-state index in [-0.39, 0.29) is 24.0 Å². The fourth-order valence-corrected chi connectivity index (χ4v) is 6.98. The first-order valence-electron chi connectivity index (χ1n) is 14.2. The van der Waals surface area contributed by atoms with Crippen LogP contribution in [0.3, 0.4) is 0 Å². The van der Waals surface area contributed by atoms with E-state index in [1.165, 1.54) is 4.31 Å². The fraction of sp³-hybridized carbons (Fsp3) is 0.143. The van der Waals surface area contributed by atoms with Gasteiger partial charge in [-0.15, -0.1) is 0 Å². The van der Waals surface area contributed by atoms with E-state index in [0.717, 1.165) is 27.6 Å². The second-order valence-corrected chi connectivity index (χ2v) is 12.9. The average Bonchev–Trinajstić information content (AvgIpc) is 3.15. The van der Waals surface area contributed by atoms with Crippen molar-refractivity contribution in [3.05, 3.63) is 115 Å². The van der Waals surface area contributed by atoms with Gasteiger partial charge in [0.05, 0.1) is 22.8 Å². The molecule has 1 N–H and O–H groups in total. The van der Waals surface area contributed by atoms with E-state index in [1.807, 2.05) is 122 Å². The van der Waals surface area contributed by atoms with Crippen molar-refractivity contribution in [2.24, 2.45) is 0 Å². The molecule has 1 heterocycles. The van der Waals surface area contributed by atoms with Crippen molar-refractivity contribution in [1.29, 1.82) is 0 Å². The summed E-state index contributed by atoms with van der Waals surface area (Å²) in [4.78, 5) is 29.5. The number of amides is 2. The number of carbonyl (C=O) groups is 2. The van der Waals surface area contributed by atoms with Gasteiger partial charge in [-0.3, -0.25) is 18.8 Å². The van der Waals surface area contributed by atoms with Gasteiger partial charge in [-0.2, -0.15) is 0 Å². The van der Waals surface area contributed by atoms with Crippen molar-refractivity contribution < 1.29 is 18.0 Å². The molecule has 0 radical (unpaired) electrons. The van der Waals surface area contributed by atoms with Gasteiger partial charge in [-0.25, -0.2) is 8.42 Å². The summed E-state index contributed by atoms with van der Waals surface area (Å²) in [6, 6.07) is 33.7. The van der Waals surface area contributed by atoms with Gasteiger partial charge in [0.2, 0.25) is 21.8 Å². The minimum Gasteiger partial charge on any atom is -0.377 e. The van der Waals surface area contributed by atoms with Crippen LogP contribution < -0.4 is 19.4 Å². The van der Waals surface area contributed by atoms with Crippen molar-refractivity contribution in [2.45, 2.75) is 12.2 Å². The Balaban J connectivity index is 1.35. The SMILES string of the molecule is CN(C)c1ccccc1CS(=O)(=O)N(C)c1ccccc1-c1ccc(N2C(=O)CC(=O)Nc3c2ccc2ccccc32)cc1. The number of rotatable bonds is 7. The molecule has 0 unspecified atom stereocenters. The number of fused-ring (bicyclic) bond motifs is 3. The lowest BCUT2D eigenvalue weighted by Gasteiger charge is -2.25. The van der Waals surface area contributed by atoms with Crippen molar-refractivity contribution in [3.63, 3.8) is 0 Å². The minimum atomic E-state index is -3.73. The highest BCUT2D eigenvalue weighted by Gasteiger charge is 2.29. The Bertz CT molecular complexity index is 2010. The van der Waals surface area contributed by atoms with E-state index < -0.39 is 10.0 Å². The minimum absolute atomic E-state index is 0.150. The number of anilines is 5. The number of sulfonamides is 1. The summed E-state index contributed by atoms with van der Waals surface area (Å²) < 4.78 is 28.6.